The highest BCUT2D eigenvalue weighted by Crippen LogP contribution is 2.68. The first-order valence-electron chi connectivity index (χ1n) is 12.2. The fraction of sp³-hybridized carbons (Fsp3) is 0.630. The molecule has 186 valence electrons. The first kappa shape index (κ1) is 24.7. The minimum absolute atomic E-state index is 0.0285. The van der Waals surface area contributed by atoms with E-state index < -0.39 is 35.1 Å². The SMILES string of the molecule is CO[C@@H](C(=O)O[C@]12C(OC(C)C)=C(OC(C)C)C(=O)[C@@]1(C)C[C@@H]1CC[C@H](O)[C@H]12)c1ccccc1. The third kappa shape index (κ3) is 3.64. The summed E-state index contributed by atoms with van der Waals surface area (Å²) in [6.45, 7) is 9.21. The smallest absolute Gasteiger partial charge is 0.340 e. The molecule has 6 atom stereocenters. The van der Waals surface area contributed by atoms with Gasteiger partial charge in [-0.15, -0.1) is 0 Å². The molecule has 1 aromatic carbocycles. The van der Waals surface area contributed by atoms with Gasteiger partial charge in [0.05, 0.1) is 23.7 Å². The summed E-state index contributed by atoms with van der Waals surface area (Å²) in [6, 6.07) is 9.09. The fourth-order valence-corrected chi connectivity index (χ4v) is 6.27. The Morgan fingerprint density at radius 3 is 2.29 bits per heavy atom. The van der Waals surface area contributed by atoms with Gasteiger partial charge in [0.1, 0.15) is 0 Å². The molecule has 3 aliphatic rings. The summed E-state index contributed by atoms with van der Waals surface area (Å²) in [6.07, 6.45) is -0.454. The Hall–Kier alpha value is -2.38. The van der Waals surface area contributed by atoms with Crippen LogP contribution in [0.3, 0.4) is 0 Å². The van der Waals surface area contributed by atoms with Crippen LogP contribution in [0.1, 0.15) is 65.5 Å². The van der Waals surface area contributed by atoms with E-state index in [1.54, 1.807) is 12.1 Å². The number of rotatable bonds is 8. The molecule has 0 aliphatic heterocycles. The maximum Gasteiger partial charge on any atom is 0.340 e. The van der Waals surface area contributed by atoms with Crippen molar-refractivity contribution in [2.45, 2.75) is 83.9 Å². The molecule has 1 aromatic rings. The number of ketones is 1. The molecule has 34 heavy (non-hydrogen) atoms. The van der Waals surface area contributed by atoms with Crippen molar-refractivity contribution < 1.29 is 33.6 Å². The van der Waals surface area contributed by atoms with Gasteiger partial charge in [0.15, 0.2) is 17.5 Å². The molecule has 0 saturated heterocycles. The van der Waals surface area contributed by atoms with Crippen molar-refractivity contribution in [2.24, 2.45) is 17.3 Å². The molecular formula is C27H36O7. The van der Waals surface area contributed by atoms with Crippen LogP contribution in [0.2, 0.25) is 0 Å². The first-order valence-corrected chi connectivity index (χ1v) is 12.2. The van der Waals surface area contributed by atoms with Gasteiger partial charge in [-0.3, -0.25) is 4.79 Å². The predicted octanol–water partition coefficient (Wildman–Crippen LogP) is 4.10. The van der Waals surface area contributed by atoms with Crippen LogP contribution in [-0.4, -0.2) is 47.9 Å². The van der Waals surface area contributed by atoms with Crippen LogP contribution in [0, 0.1) is 17.3 Å². The summed E-state index contributed by atoms with van der Waals surface area (Å²) in [5.74, 6) is -0.969. The molecule has 7 nitrogen and oxygen atoms in total. The lowest BCUT2D eigenvalue weighted by Crippen LogP contribution is -2.55. The number of ether oxygens (including phenoxy) is 4. The van der Waals surface area contributed by atoms with Crippen molar-refractivity contribution in [3.63, 3.8) is 0 Å². The van der Waals surface area contributed by atoms with E-state index in [9.17, 15) is 14.7 Å². The van der Waals surface area contributed by atoms with Gasteiger partial charge in [-0.25, -0.2) is 4.79 Å². The highest BCUT2D eigenvalue weighted by Gasteiger charge is 2.78. The lowest BCUT2D eigenvalue weighted by atomic mass is 9.72. The number of fused-ring (bicyclic) bond motifs is 3. The molecular weight excluding hydrogens is 436 g/mol. The number of esters is 1. The van der Waals surface area contributed by atoms with Gasteiger partial charge in [0.2, 0.25) is 11.5 Å². The molecule has 1 N–H and O–H groups in total. The van der Waals surface area contributed by atoms with Gasteiger partial charge < -0.3 is 24.1 Å². The van der Waals surface area contributed by atoms with Crippen LogP contribution in [0.25, 0.3) is 0 Å². The largest absolute Gasteiger partial charge is 0.487 e. The molecule has 0 radical (unpaired) electrons. The van der Waals surface area contributed by atoms with E-state index in [4.69, 9.17) is 18.9 Å². The normalized spacial score (nSPS) is 33.3. The van der Waals surface area contributed by atoms with Crippen LogP contribution >= 0.6 is 0 Å². The molecule has 2 fully saturated rings. The van der Waals surface area contributed by atoms with Crippen LogP contribution in [0.4, 0.5) is 0 Å². The molecule has 4 rings (SSSR count). The number of hydrogen-bond acceptors (Lipinski definition) is 7. The second kappa shape index (κ2) is 9.00. The summed E-state index contributed by atoms with van der Waals surface area (Å²) >= 11 is 0. The molecule has 0 spiro atoms. The molecule has 0 aromatic heterocycles. The van der Waals surface area contributed by atoms with Crippen LogP contribution < -0.4 is 0 Å². The number of benzene rings is 1. The van der Waals surface area contributed by atoms with E-state index in [0.717, 1.165) is 6.42 Å². The standard InChI is InChI=1S/C27H36O7/c1-15(2)32-22-23(29)26(5)14-18-12-13-19(28)20(18)27(26,24(22)33-16(3)4)34-25(30)21(31-6)17-10-8-7-9-11-17/h7-11,15-16,18-21,28H,12-14H2,1-6H3/t18-,19-,20-,21+,26+,27+/m0/s1. The first-order chi connectivity index (χ1) is 16.1. The number of methoxy groups -OCH3 is 1. The van der Waals surface area contributed by atoms with E-state index >= 15 is 0 Å². The Morgan fingerprint density at radius 2 is 1.71 bits per heavy atom. The molecule has 7 heteroatoms. The second-order valence-corrected chi connectivity index (χ2v) is 10.5. The topological polar surface area (TPSA) is 91.3 Å². The third-order valence-corrected chi connectivity index (χ3v) is 7.49. The molecule has 0 bridgehead atoms. The van der Waals surface area contributed by atoms with Gasteiger partial charge in [-0.2, -0.15) is 0 Å². The summed E-state index contributed by atoms with van der Waals surface area (Å²) in [5, 5.41) is 11.1. The highest BCUT2D eigenvalue weighted by molar-refractivity contribution is 6.04. The van der Waals surface area contributed by atoms with Gasteiger partial charge in [0, 0.05) is 13.0 Å². The number of aliphatic hydroxyl groups excluding tert-OH is 1. The number of Topliss-reactive ketones (excluding diaryl/α,β-unsaturated/α-hetero) is 1. The van der Waals surface area contributed by atoms with Crippen molar-refractivity contribution in [3.8, 4) is 0 Å². The van der Waals surface area contributed by atoms with Crippen LogP contribution in [0.5, 0.6) is 0 Å². The van der Waals surface area contributed by atoms with Gasteiger partial charge in [0.25, 0.3) is 0 Å². The zero-order valence-electron chi connectivity index (χ0n) is 20.9. The maximum atomic E-state index is 13.9. The minimum Gasteiger partial charge on any atom is -0.487 e. The third-order valence-electron chi connectivity index (χ3n) is 7.49. The zero-order valence-corrected chi connectivity index (χ0v) is 20.9. The van der Waals surface area contributed by atoms with E-state index in [0.29, 0.717) is 18.4 Å². The minimum atomic E-state index is -1.47. The van der Waals surface area contributed by atoms with Gasteiger partial charge in [-0.05, 0) is 65.4 Å². The summed E-state index contributed by atoms with van der Waals surface area (Å²) in [4.78, 5) is 27.6. The van der Waals surface area contributed by atoms with Crippen LogP contribution in [0.15, 0.2) is 41.9 Å². The predicted molar refractivity (Wildman–Crippen MR) is 124 cm³/mol. The van der Waals surface area contributed by atoms with E-state index in [2.05, 4.69) is 0 Å². The van der Waals surface area contributed by atoms with Crippen molar-refractivity contribution in [1.29, 1.82) is 0 Å². The van der Waals surface area contributed by atoms with E-state index in [1.807, 2.05) is 52.8 Å². The zero-order chi connectivity index (χ0) is 24.8. The Balaban J connectivity index is 1.87. The second-order valence-electron chi connectivity index (χ2n) is 10.5. The van der Waals surface area contributed by atoms with Crippen molar-refractivity contribution in [2.75, 3.05) is 7.11 Å². The summed E-state index contributed by atoms with van der Waals surface area (Å²) in [5.41, 5.74) is -1.93. The number of carbonyl (C=O) groups excluding carboxylic acids is 2. The van der Waals surface area contributed by atoms with Crippen molar-refractivity contribution in [3.05, 3.63) is 47.4 Å². The van der Waals surface area contributed by atoms with Crippen LogP contribution in [-0.2, 0) is 28.5 Å². The number of hydrogen-bond donors (Lipinski definition) is 1. The number of carbonyl (C=O) groups is 2. The van der Waals surface area contributed by atoms with E-state index in [-0.39, 0.29) is 35.4 Å². The van der Waals surface area contributed by atoms with E-state index in [1.165, 1.54) is 7.11 Å². The van der Waals surface area contributed by atoms with Gasteiger partial charge >= 0.3 is 5.97 Å². The lowest BCUT2D eigenvalue weighted by molar-refractivity contribution is -0.193. The van der Waals surface area contributed by atoms with Crippen molar-refractivity contribution >= 4 is 11.8 Å². The average molecular weight is 473 g/mol. The molecule has 0 heterocycles. The quantitative estimate of drug-likeness (QED) is 0.570. The lowest BCUT2D eigenvalue weighted by Gasteiger charge is -2.42. The Labute approximate surface area is 201 Å². The molecule has 0 amide bonds. The summed E-state index contributed by atoms with van der Waals surface area (Å²) < 4.78 is 24.2. The Bertz CT molecular complexity index is 968. The molecule has 3 aliphatic carbocycles. The average Bonchev–Trinajstić information content (AvgIpc) is 3.30. The maximum absolute atomic E-state index is 13.9. The molecule has 0 unspecified atom stereocenters. The molecule has 2 saturated carbocycles. The Kier molecular flexibility index (Phi) is 6.55. The number of aliphatic hydroxyl groups is 1. The van der Waals surface area contributed by atoms with Crippen molar-refractivity contribution in [1.82, 2.24) is 0 Å². The Morgan fingerprint density at radius 1 is 1.06 bits per heavy atom. The summed E-state index contributed by atoms with van der Waals surface area (Å²) in [7, 11) is 1.45. The fourth-order valence-electron chi connectivity index (χ4n) is 6.27. The monoisotopic (exact) mass is 472 g/mol. The highest BCUT2D eigenvalue weighted by atomic mass is 16.6. The van der Waals surface area contributed by atoms with Gasteiger partial charge in [-0.1, -0.05) is 30.3 Å². The number of allylic oxidation sites excluding steroid dienone is 1.